The van der Waals surface area contributed by atoms with Crippen molar-refractivity contribution >= 4 is 33.3 Å². The van der Waals surface area contributed by atoms with Gasteiger partial charge in [0, 0.05) is 38.4 Å². The van der Waals surface area contributed by atoms with Crippen molar-refractivity contribution in [1.29, 1.82) is 5.26 Å². The van der Waals surface area contributed by atoms with E-state index in [4.69, 9.17) is 10.00 Å². The number of amides is 1. The highest BCUT2D eigenvalue weighted by atomic mass is 79.9. The molecule has 0 radical (unpaired) electrons. The lowest BCUT2D eigenvalue weighted by Crippen LogP contribution is -2.49. The number of aromatic nitrogens is 3. The highest BCUT2D eigenvalue weighted by molar-refractivity contribution is 9.10. The van der Waals surface area contributed by atoms with Crippen LogP contribution >= 0.6 is 15.9 Å². The molecule has 0 spiro atoms. The number of hydrogen-bond acceptors (Lipinski definition) is 8. The summed E-state index contributed by atoms with van der Waals surface area (Å²) in [5.74, 6) is 0.882. The van der Waals surface area contributed by atoms with Crippen LogP contribution < -0.4 is 15.8 Å². The summed E-state index contributed by atoms with van der Waals surface area (Å²) in [5, 5.41) is 18.1. The van der Waals surface area contributed by atoms with Crippen LogP contribution in [-0.2, 0) is 9.53 Å². The maximum absolute atomic E-state index is 12.5. The second kappa shape index (κ2) is 10.9. The molecule has 1 saturated heterocycles. The van der Waals surface area contributed by atoms with Gasteiger partial charge in [-0.05, 0) is 35.0 Å². The van der Waals surface area contributed by atoms with E-state index in [1.807, 2.05) is 17.9 Å². The molecular formula is C20H24BrN7O3. The summed E-state index contributed by atoms with van der Waals surface area (Å²) in [6, 6.07) is 5.58. The summed E-state index contributed by atoms with van der Waals surface area (Å²) >= 11 is 3.22. The Balaban J connectivity index is 1.35. The van der Waals surface area contributed by atoms with Gasteiger partial charge in [0.05, 0.1) is 37.1 Å². The number of anilines is 2. The molecule has 164 valence electrons. The van der Waals surface area contributed by atoms with Gasteiger partial charge in [0.25, 0.3) is 5.56 Å². The van der Waals surface area contributed by atoms with E-state index in [9.17, 15) is 9.59 Å². The largest absolute Gasteiger partial charge is 0.379 e. The van der Waals surface area contributed by atoms with Crippen LogP contribution in [0.25, 0.3) is 0 Å². The first-order valence-corrected chi connectivity index (χ1v) is 10.7. The van der Waals surface area contributed by atoms with Gasteiger partial charge in [0.1, 0.15) is 16.4 Å². The van der Waals surface area contributed by atoms with Crippen molar-refractivity contribution in [2.75, 3.05) is 49.6 Å². The van der Waals surface area contributed by atoms with Gasteiger partial charge in [-0.2, -0.15) is 10.4 Å². The summed E-state index contributed by atoms with van der Waals surface area (Å²) < 4.78 is 6.02. The summed E-state index contributed by atoms with van der Waals surface area (Å²) in [6.45, 7) is 5.30. The maximum atomic E-state index is 12.5. The fraction of sp³-hybridized carbons (Fsp3) is 0.450. The number of carbonyl (C=O) groups is 1. The van der Waals surface area contributed by atoms with Gasteiger partial charge in [-0.25, -0.2) is 10.1 Å². The third-order valence-corrected chi connectivity index (χ3v) is 5.65. The normalized spacial score (nSPS) is 14.7. The van der Waals surface area contributed by atoms with Gasteiger partial charge in [-0.3, -0.25) is 9.59 Å². The van der Waals surface area contributed by atoms with E-state index < -0.39 is 0 Å². The SMILES string of the molecule is CC(COCCC(=O)N1CCN(c2ccc(C#N)cn2)CC1)Nc1cn[nH]c(=O)c1Br. The fourth-order valence-electron chi connectivity index (χ4n) is 3.19. The highest BCUT2D eigenvalue weighted by Gasteiger charge is 2.21. The number of hydrogen-bond donors (Lipinski definition) is 2. The van der Waals surface area contributed by atoms with E-state index in [1.54, 1.807) is 12.3 Å². The van der Waals surface area contributed by atoms with Crippen molar-refractivity contribution in [2.24, 2.45) is 0 Å². The molecule has 10 nitrogen and oxygen atoms in total. The molecule has 0 saturated carbocycles. The number of rotatable bonds is 8. The van der Waals surface area contributed by atoms with E-state index >= 15 is 0 Å². The second-order valence-corrected chi connectivity index (χ2v) is 7.97. The van der Waals surface area contributed by atoms with Gasteiger partial charge >= 0.3 is 0 Å². The maximum Gasteiger partial charge on any atom is 0.280 e. The van der Waals surface area contributed by atoms with Crippen molar-refractivity contribution in [3.05, 3.63) is 44.9 Å². The number of H-pyrrole nitrogens is 1. The zero-order chi connectivity index (χ0) is 22.2. The van der Waals surface area contributed by atoms with Gasteiger partial charge in [-0.15, -0.1) is 0 Å². The smallest absolute Gasteiger partial charge is 0.280 e. The second-order valence-electron chi connectivity index (χ2n) is 7.18. The molecule has 2 N–H and O–H groups in total. The van der Waals surface area contributed by atoms with Crippen LogP contribution in [0.15, 0.2) is 33.8 Å². The number of piperazine rings is 1. The Hall–Kier alpha value is -2.97. The lowest BCUT2D eigenvalue weighted by molar-refractivity contribution is -0.132. The number of carbonyl (C=O) groups excluding carboxylic acids is 1. The number of halogens is 1. The van der Waals surface area contributed by atoms with Gasteiger partial charge in [0.2, 0.25) is 5.91 Å². The highest BCUT2D eigenvalue weighted by Crippen LogP contribution is 2.17. The molecule has 0 bridgehead atoms. The minimum Gasteiger partial charge on any atom is -0.379 e. The number of nitrogens with one attached hydrogen (secondary N) is 2. The minimum atomic E-state index is -0.307. The van der Waals surface area contributed by atoms with Crippen molar-refractivity contribution in [2.45, 2.75) is 19.4 Å². The molecule has 2 aromatic heterocycles. The number of aromatic amines is 1. The average Bonchev–Trinajstić information content (AvgIpc) is 2.80. The van der Waals surface area contributed by atoms with Crippen molar-refractivity contribution < 1.29 is 9.53 Å². The van der Waals surface area contributed by atoms with Gasteiger partial charge < -0.3 is 19.9 Å². The summed E-state index contributed by atoms with van der Waals surface area (Å²) in [6.07, 6.45) is 3.40. The molecule has 1 atom stereocenters. The Kier molecular flexibility index (Phi) is 7.97. The molecule has 1 unspecified atom stereocenters. The zero-order valence-electron chi connectivity index (χ0n) is 17.2. The third kappa shape index (κ3) is 6.26. The van der Waals surface area contributed by atoms with Crippen LogP contribution in [0, 0.1) is 11.3 Å². The monoisotopic (exact) mass is 489 g/mol. The standard InChI is InChI=1S/C20H24BrN7O3/c1-14(25-16-12-24-26-20(30)19(16)21)13-31-9-4-18(29)28-7-5-27(6-8-28)17-3-2-15(10-22)11-23-17/h2-3,11-12,14H,4-9,13H2,1H3,(H2,25,26,30). The first-order chi connectivity index (χ1) is 15.0. The molecular weight excluding hydrogens is 466 g/mol. The summed E-state index contributed by atoms with van der Waals surface area (Å²) in [4.78, 5) is 32.2. The van der Waals surface area contributed by atoms with Gasteiger partial charge in [-0.1, -0.05) is 0 Å². The lowest BCUT2D eigenvalue weighted by Gasteiger charge is -2.35. The molecule has 1 fully saturated rings. The van der Waals surface area contributed by atoms with Crippen LogP contribution in [0.1, 0.15) is 18.9 Å². The zero-order valence-corrected chi connectivity index (χ0v) is 18.8. The molecule has 3 rings (SSSR count). The van der Waals surface area contributed by atoms with E-state index in [1.165, 1.54) is 6.20 Å². The molecule has 1 aliphatic rings. The van der Waals surface area contributed by atoms with E-state index in [0.717, 1.165) is 5.82 Å². The summed E-state index contributed by atoms with van der Waals surface area (Å²) in [7, 11) is 0. The van der Waals surface area contributed by atoms with Crippen LogP contribution in [0.2, 0.25) is 0 Å². The Labute approximate surface area is 188 Å². The fourth-order valence-corrected chi connectivity index (χ4v) is 3.50. The topological polar surface area (TPSA) is 127 Å². The van der Waals surface area contributed by atoms with Crippen LogP contribution in [-0.4, -0.2) is 71.4 Å². The van der Waals surface area contributed by atoms with Crippen LogP contribution in [0.3, 0.4) is 0 Å². The lowest BCUT2D eigenvalue weighted by atomic mass is 10.2. The number of pyridine rings is 1. The molecule has 3 heterocycles. The molecule has 0 aliphatic carbocycles. The Morgan fingerprint density at radius 1 is 1.35 bits per heavy atom. The Morgan fingerprint density at radius 2 is 2.13 bits per heavy atom. The summed E-state index contributed by atoms with van der Waals surface area (Å²) in [5.41, 5.74) is 0.813. The molecule has 0 aromatic carbocycles. The number of ether oxygens (including phenoxy) is 1. The number of nitrogens with zero attached hydrogens (tertiary/aromatic N) is 5. The predicted molar refractivity (Wildman–Crippen MR) is 119 cm³/mol. The van der Waals surface area contributed by atoms with E-state index in [-0.39, 0.29) is 17.5 Å². The van der Waals surface area contributed by atoms with Crippen molar-refractivity contribution in [3.8, 4) is 6.07 Å². The quantitative estimate of drug-likeness (QED) is 0.531. The molecule has 1 amide bonds. The number of nitriles is 1. The molecule has 1 aliphatic heterocycles. The molecule has 11 heteroatoms. The Morgan fingerprint density at radius 3 is 2.81 bits per heavy atom. The third-order valence-electron chi connectivity index (χ3n) is 4.86. The van der Waals surface area contributed by atoms with Crippen molar-refractivity contribution in [1.82, 2.24) is 20.1 Å². The molecule has 2 aromatic rings. The molecule has 31 heavy (non-hydrogen) atoms. The van der Waals surface area contributed by atoms with Crippen LogP contribution in [0.4, 0.5) is 11.5 Å². The average molecular weight is 490 g/mol. The predicted octanol–water partition coefficient (Wildman–Crippen LogP) is 1.35. The van der Waals surface area contributed by atoms with Crippen LogP contribution in [0.5, 0.6) is 0 Å². The van der Waals surface area contributed by atoms with Crippen molar-refractivity contribution in [3.63, 3.8) is 0 Å². The minimum absolute atomic E-state index is 0.0570. The van der Waals surface area contributed by atoms with Gasteiger partial charge in [0.15, 0.2) is 0 Å². The Bertz CT molecular complexity index is 982. The first-order valence-electron chi connectivity index (χ1n) is 9.94. The van der Waals surface area contributed by atoms with E-state index in [2.05, 4.69) is 47.4 Å². The van der Waals surface area contributed by atoms with E-state index in [0.29, 0.717) is 61.5 Å². The first kappa shape index (κ1) is 22.7.